The van der Waals surface area contributed by atoms with Crippen molar-refractivity contribution in [1.29, 1.82) is 5.26 Å². The number of rotatable bonds is 5. The van der Waals surface area contributed by atoms with Gasteiger partial charge >= 0.3 is 5.97 Å². The Labute approximate surface area is 129 Å². The number of esters is 1. The first-order valence-electron chi connectivity index (χ1n) is 6.89. The van der Waals surface area contributed by atoms with Crippen LogP contribution in [-0.2, 0) is 9.53 Å². The van der Waals surface area contributed by atoms with E-state index in [2.05, 4.69) is 5.32 Å². The fourth-order valence-electron chi connectivity index (χ4n) is 1.56. The van der Waals surface area contributed by atoms with E-state index in [0.717, 1.165) is 6.07 Å². The third kappa shape index (κ3) is 4.29. The van der Waals surface area contributed by atoms with Crippen LogP contribution < -0.4 is 5.32 Å². The second-order valence-electron chi connectivity index (χ2n) is 5.52. The van der Waals surface area contributed by atoms with Crippen LogP contribution in [0.15, 0.2) is 24.3 Å². The zero-order chi connectivity index (χ0) is 16.9. The van der Waals surface area contributed by atoms with Crippen molar-refractivity contribution in [3.8, 4) is 6.07 Å². The van der Waals surface area contributed by atoms with Crippen LogP contribution in [0.25, 0.3) is 0 Å². The molecule has 0 bridgehead atoms. The summed E-state index contributed by atoms with van der Waals surface area (Å²) in [7, 11) is 0. The SMILES string of the molecule is CC(OC(=O)c1cccc(F)c1)C(=O)NC(C)(C#N)C(C)C. The Kier molecular flexibility index (Phi) is 5.63. The Balaban J connectivity index is 2.73. The summed E-state index contributed by atoms with van der Waals surface area (Å²) in [4.78, 5) is 23.9. The number of amides is 1. The van der Waals surface area contributed by atoms with Crippen molar-refractivity contribution >= 4 is 11.9 Å². The van der Waals surface area contributed by atoms with Gasteiger partial charge in [-0.2, -0.15) is 5.26 Å². The van der Waals surface area contributed by atoms with Crippen molar-refractivity contribution in [2.45, 2.75) is 39.3 Å². The van der Waals surface area contributed by atoms with E-state index < -0.39 is 29.3 Å². The molecule has 1 aromatic rings. The number of benzene rings is 1. The van der Waals surface area contributed by atoms with Crippen LogP contribution in [-0.4, -0.2) is 23.5 Å². The second kappa shape index (κ2) is 7.03. The molecule has 1 N–H and O–H groups in total. The van der Waals surface area contributed by atoms with Crippen LogP contribution in [0.5, 0.6) is 0 Å². The molecule has 1 rings (SSSR count). The summed E-state index contributed by atoms with van der Waals surface area (Å²) in [5.41, 5.74) is -1.04. The van der Waals surface area contributed by atoms with E-state index in [4.69, 9.17) is 10.00 Å². The lowest BCUT2D eigenvalue weighted by Gasteiger charge is -2.28. The molecule has 6 heteroatoms. The van der Waals surface area contributed by atoms with Gasteiger partial charge in [-0.05, 0) is 38.0 Å². The van der Waals surface area contributed by atoms with E-state index in [1.165, 1.54) is 25.1 Å². The van der Waals surface area contributed by atoms with Crippen LogP contribution in [0.4, 0.5) is 4.39 Å². The Morgan fingerprint density at radius 2 is 2.00 bits per heavy atom. The average molecular weight is 306 g/mol. The van der Waals surface area contributed by atoms with Crippen LogP contribution in [0.3, 0.4) is 0 Å². The fraction of sp³-hybridized carbons (Fsp3) is 0.438. The van der Waals surface area contributed by atoms with Crippen molar-refractivity contribution in [2.75, 3.05) is 0 Å². The number of nitriles is 1. The zero-order valence-corrected chi connectivity index (χ0v) is 13.0. The molecule has 0 aromatic heterocycles. The number of halogens is 1. The fourth-order valence-corrected chi connectivity index (χ4v) is 1.56. The zero-order valence-electron chi connectivity index (χ0n) is 13.0. The molecule has 118 valence electrons. The molecule has 0 aliphatic heterocycles. The number of hydrogen-bond acceptors (Lipinski definition) is 4. The number of nitrogens with zero attached hydrogens (tertiary/aromatic N) is 1. The molecule has 2 atom stereocenters. The van der Waals surface area contributed by atoms with Crippen LogP contribution in [0, 0.1) is 23.1 Å². The Bertz CT molecular complexity index is 610. The van der Waals surface area contributed by atoms with Gasteiger partial charge < -0.3 is 10.1 Å². The predicted octanol–water partition coefficient (Wildman–Crippen LogP) is 2.43. The molecular weight excluding hydrogens is 287 g/mol. The van der Waals surface area contributed by atoms with Gasteiger partial charge in [-0.25, -0.2) is 9.18 Å². The number of nitrogens with one attached hydrogen (secondary N) is 1. The summed E-state index contributed by atoms with van der Waals surface area (Å²) < 4.78 is 18.1. The van der Waals surface area contributed by atoms with Crippen LogP contribution in [0.2, 0.25) is 0 Å². The topological polar surface area (TPSA) is 79.2 Å². The molecule has 0 saturated carbocycles. The van der Waals surface area contributed by atoms with E-state index >= 15 is 0 Å². The molecule has 0 radical (unpaired) electrons. The minimum Gasteiger partial charge on any atom is -0.449 e. The van der Waals surface area contributed by atoms with E-state index in [0.29, 0.717) is 0 Å². The van der Waals surface area contributed by atoms with Crippen LogP contribution in [0.1, 0.15) is 38.1 Å². The maximum Gasteiger partial charge on any atom is 0.339 e. The Morgan fingerprint density at radius 1 is 1.36 bits per heavy atom. The normalized spacial score (nSPS) is 14.6. The molecule has 0 fully saturated rings. The van der Waals surface area contributed by atoms with Crippen LogP contribution >= 0.6 is 0 Å². The van der Waals surface area contributed by atoms with Gasteiger partial charge in [-0.3, -0.25) is 4.79 Å². The molecule has 0 heterocycles. The molecule has 0 spiro atoms. The Morgan fingerprint density at radius 3 is 2.50 bits per heavy atom. The van der Waals surface area contributed by atoms with Gasteiger partial charge in [0.25, 0.3) is 5.91 Å². The van der Waals surface area contributed by atoms with Gasteiger partial charge in [0.05, 0.1) is 11.6 Å². The average Bonchev–Trinajstić information content (AvgIpc) is 2.46. The summed E-state index contributed by atoms with van der Waals surface area (Å²) in [5, 5.41) is 11.7. The quantitative estimate of drug-likeness (QED) is 0.847. The third-order valence-electron chi connectivity index (χ3n) is 3.48. The maximum atomic E-state index is 13.1. The summed E-state index contributed by atoms with van der Waals surface area (Å²) in [6.07, 6.45) is -1.10. The highest BCUT2D eigenvalue weighted by molar-refractivity contribution is 5.92. The lowest BCUT2D eigenvalue weighted by molar-refractivity contribution is -0.130. The molecular formula is C16H19FN2O3. The first kappa shape index (κ1) is 17.6. The van der Waals surface area contributed by atoms with Crippen molar-refractivity contribution in [3.63, 3.8) is 0 Å². The minimum atomic E-state index is -1.10. The number of hydrogen-bond donors (Lipinski definition) is 1. The molecule has 0 aliphatic carbocycles. The van der Waals surface area contributed by atoms with E-state index in [1.807, 2.05) is 6.07 Å². The standard InChI is InChI=1S/C16H19FN2O3/c1-10(2)16(4,9-18)19-14(20)11(3)22-15(21)12-6-5-7-13(17)8-12/h5-8,10-11H,1-4H3,(H,19,20). The highest BCUT2D eigenvalue weighted by Crippen LogP contribution is 2.16. The lowest BCUT2D eigenvalue weighted by atomic mass is 9.90. The summed E-state index contributed by atoms with van der Waals surface area (Å²) in [5.74, 6) is -2.07. The van der Waals surface area contributed by atoms with Gasteiger partial charge in [0.2, 0.25) is 0 Å². The number of ether oxygens (including phenoxy) is 1. The van der Waals surface area contributed by atoms with Crippen molar-refractivity contribution in [1.82, 2.24) is 5.32 Å². The van der Waals surface area contributed by atoms with Crippen molar-refractivity contribution in [3.05, 3.63) is 35.6 Å². The monoisotopic (exact) mass is 306 g/mol. The number of carbonyl (C=O) groups is 2. The molecule has 0 saturated heterocycles. The molecule has 5 nitrogen and oxygen atoms in total. The third-order valence-corrected chi connectivity index (χ3v) is 3.48. The highest BCUT2D eigenvalue weighted by Gasteiger charge is 2.32. The van der Waals surface area contributed by atoms with Gasteiger partial charge in [-0.15, -0.1) is 0 Å². The first-order chi connectivity index (χ1) is 10.2. The van der Waals surface area contributed by atoms with E-state index in [9.17, 15) is 14.0 Å². The maximum absolute atomic E-state index is 13.1. The highest BCUT2D eigenvalue weighted by atomic mass is 19.1. The van der Waals surface area contributed by atoms with E-state index in [-0.39, 0.29) is 11.5 Å². The van der Waals surface area contributed by atoms with Gasteiger partial charge in [-0.1, -0.05) is 19.9 Å². The Hall–Kier alpha value is -2.42. The predicted molar refractivity (Wildman–Crippen MR) is 78.3 cm³/mol. The lowest BCUT2D eigenvalue weighted by Crippen LogP contribution is -2.52. The number of carbonyl (C=O) groups excluding carboxylic acids is 2. The minimum absolute atomic E-state index is 0.0200. The largest absolute Gasteiger partial charge is 0.449 e. The first-order valence-corrected chi connectivity index (χ1v) is 6.89. The van der Waals surface area contributed by atoms with Gasteiger partial charge in [0, 0.05) is 0 Å². The molecule has 22 heavy (non-hydrogen) atoms. The van der Waals surface area contributed by atoms with Gasteiger partial charge in [0.15, 0.2) is 6.10 Å². The summed E-state index contributed by atoms with van der Waals surface area (Å²) in [6.45, 7) is 6.58. The molecule has 0 aliphatic rings. The summed E-state index contributed by atoms with van der Waals surface area (Å²) >= 11 is 0. The summed E-state index contributed by atoms with van der Waals surface area (Å²) in [6, 6.07) is 7.03. The smallest absolute Gasteiger partial charge is 0.339 e. The molecule has 1 amide bonds. The van der Waals surface area contributed by atoms with Crippen molar-refractivity contribution < 1.29 is 18.7 Å². The molecule has 1 aromatic carbocycles. The second-order valence-corrected chi connectivity index (χ2v) is 5.52. The van der Waals surface area contributed by atoms with Gasteiger partial charge in [0.1, 0.15) is 11.4 Å². The molecule has 2 unspecified atom stereocenters. The van der Waals surface area contributed by atoms with E-state index in [1.54, 1.807) is 20.8 Å². The van der Waals surface area contributed by atoms with Crippen molar-refractivity contribution in [2.24, 2.45) is 5.92 Å².